The highest BCUT2D eigenvalue weighted by molar-refractivity contribution is 5.96. The van der Waals surface area contributed by atoms with Crippen molar-refractivity contribution in [1.82, 2.24) is 10.9 Å². The topological polar surface area (TPSA) is 85.9 Å². The molecule has 1 heterocycles. The van der Waals surface area contributed by atoms with Gasteiger partial charge in [0, 0.05) is 5.56 Å². The van der Waals surface area contributed by atoms with Crippen LogP contribution in [0.4, 0.5) is 0 Å². The molecule has 7 heteroatoms. The van der Waals surface area contributed by atoms with Gasteiger partial charge >= 0.3 is 0 Å². The minimum Gasteiger partial charge on any atom is -0.486 e. The van der Waals surface area contributed by atoms with Crippen molar-refractivity contribution in [3.8, 4) is 17.2 Å². The number of hydrogen-bond acceptors (Lipinski definition) is 5. The molecule has 0 bridgehead atoms. The summed E-state index contributed by atoms with van der Waals surface area (Å²) >= 11 is 0. The summed E-state index contributed by atoms with van der Waals surface area (Å²) in [5.41, 5.74) is 6.17. The first-order valence-corrected chi connectivity index (χ1v) is 8.74. The fraction of sp³-hybridized carbons (Fsp3) is 0.300. The van der Waals surface area contributed by atoms with Gasteiger partial charge < -0.3 is 14.2 Å². The molecule has 0 aliphatic carbocycles. The maximum Gasteiger partial charge on any atom is 0.276 e. The van der Waals surface area contributed by atoms with E-state index in [1.807, 2.05) is 18.2 Å². The third-order valence-electron chi connectivity index (χ3n) is 4.01. The van der Waals surface area contributed by atoms with Crippen LogP contribution in [0.2, 0.25) is 0 Å². The van der Waals surface area contributed by atoms with Crippen LogP contribution in [0.25, 0.3) is 0 Å². The Morgan fingerprint density at radius 3 is 2.59 bits per heavy atom. The van der Waals surface area contributed by atoms with Crippen molar-refractivity contribution in [3.05, 3.63) is 53.6 Å². The van der Waals surface area contributed by atoms with Crippen LogP contribution in [0.5, 0.6) is 17.2 Å². The third-order valence-corrected chi connectivity index (χ3v) is 4.01. The Kier molecular flexibility index (Phi) is 5.80. The minimum atomic E-state index is -0.462. The van der Waals surface area contributed by atoms with Crippen molar-refractivity contribution in [3.63, 3.8) is 0 Å². The van der Waals surface area contributed by atoms with Crippen molar-refractivity contribution >= 4 is 11.8 Å². The zero-order valence-corrected chi connectivity index (χ0v) is 15.3. The number of amides is 2. The normalized spacial score (nSPS) is 12.4. The van der Waals surface area contributed by atoms with Gasteiger partial charge in [-0.05, 0) is 41.8 Å². The summed E-state index contributed by atoms with van der Waals surface area (Å²) in [5.74, 6) is 1.16. The molecule has 2 amide bonds. The maximum atomic E-state index is 12.2. The average Bonchev–Trinajstić information content (AvgIpc) is 2.70. The summed E-state index contributed by atoms with van der Waals surface area (Å²) in [6.45, 7) is 4.88. The molecule has 142 valence electrons. The molecule has 3 rings (SSSR count). The molecule has 0 atom stereocenters. The molecule has 0 saturated heterocycles. The zero-order valence-electron chi connectivity index (χ0n) is 15.3. The van der Waals surface area contributed by atoms with Crippen LogP contribution < -0.4 is 25.1 Å². The quantitative estimate of drug-likeness (QED) is 0.790. The van der Waals surface area contributed by atoms with Gasteiger partial charge in [-0.1, -0.05) is 26.0 Å². The molecule has 2 aromatic carbocycles. The lowest BCUT2D eigenvalue weighted by molar-refractivity contribution is -0.123. The first-order valence-electron chi connectivity index (χ1n) is 8.74. The van der Waals surface area contributed by atoms with Crippen molar-refractivity contribution in [1.29, 1.82) is 0 Å². The number of hydrazine groups is 1. The Labute approximate surface area is 157 Å². The second kappa shape index (κ2) is 8.44. The van der Waals surface area contributed by atoms with E-state index in [0.29, 0.717) is 41.9 Å². The average molecular weight is 370 g/mol. The molecule has 0 fully saturated rings. The van der Waals surface area contributed by atoms with Gasteiger partial charge in [-0.3, -0.25) is 20.4 Å². The van der Waals surface area contributed by atoms with Crippen molar-refractivity contribution < 1.29 is 23.8 Å². The fourth-order valence-electron chi connectivity index (χ4n) is 2.53. The predicted octanol–water partition coefficient (Wildman–Crippen LogP) is 2.42. The van der Waals surface area contributed by atoms with E-state index in [2.05, 4.69) is 24.7 Å². The minimum absolute atomic E-state index is 0.205. The molecule has 1 aliphatic heterocycles. The molecule has 7 nitrogen and oxygen atoms in total. The fourth-order valence-corrected chi connectivity index (χ4v) is 2.53. The number of carbonyl (C=O) groups is 2. The Balaban J connectivity index is 1.49. The Bertz CT molecular complexity index is 835. The van der Waals surface area contributed by atoms with E-state index >= 15 is 0 Å². The van der Waals surface area contributed by atoms with Crippen LogP contribution >= 0.6 is 0 Å². The van der Waals surface area contributed by atoms with E-state index < -0.39 is 11.8 Å². The Morgan fingerprint density at radius 2 is 1.81 bits per heavy atom. The van der Waals surface area contributed by atoms with E-state index in [1.54, 1.807) is 24.3 Å². The molecule has 0 aromatic heterocycles. The second-order valence-electron chi connectivity index (χ2n) is 6.38. The Hall–Kier alpha value is -3.22. The van der Waals surface area contributed by atoms with Crippen molar-refractivity contribution in [2.75, 3.05) is 19.8 Å². The number of hydrogen-bond donors (Lipinski definition) is 2. The molecule has 0 unspecified atom stereocenters. The number of fused-ring (bicyclic) bond motifs is 1. The third kappa shape index (κ3) is 4.91. The number of rotatable bonds is 5. The smallest absolute Gasteiger partial charge is 0.276 e. The monoisotopic (exact) mass is 370 g/mol. The van der Waals surface area contributed by atoms with Gasteiger partial charge in [0.15, 0.2) is 18.1 Å². The Morgan fingerprint density at radius 1 is 1.04 bits per heavy atom. The first-order chi connectivity index (χ1) is 13.0. The van der Waals surface area contributed by atoms with Gasteiger partial charge in [-0.15, -0.1) is 0 Å². The molecular weight excluding hydrogens is 348 g/mol. The predicted molar refractivity (Wildman–Crippen MR) is 99.1 cm³/mol. The largest absolute Gasteiger partial charge is 0.486 e. The highest BCUT2D eigenvalue weighted by atomic mass is 16.6. The summed E-state index contributed by atoms with van der Waals surface area (Å²) < 4.78 is 16.3. The summed E-state index contributed by atoms with van der Waals surface area (Å²) in [7, 11) is 0. The molecule has 0 radical (unpaired) electrons. The highest BCUT2D eigenvalue weighted by Crippen LogP contribution is 2.30. The van der Waals surface area contributed by atoms with Crippen LogP contribution in [-0.2, 0) is 4.79 Å². The van der Waals surface area contributed by atoms with Gasteiger partial charge in [0.25, 0.3) is 11.8 Å². The van der Waals surface area contributed by atoms with Gasteiger partial charge in [0.2, 0.25) is 0 Å². The molecule has 2 N–H and O–H groups in total. The zero-order chi connectivity index (χ0) is 19.2. The van der Waals surface area contributed by atoms with Gasteiger partial charge in [-0.25, -0.2) is 0 Å². The summed E-state index contributed by atoms with van der Waals surface area (Å²) in [6.07, 6.45) is 0. The molecule has 1 aliphatic rings. The lowest BCUT2D eigenvalue weighted by atomic mass is 10.0. The maximum absolute atomic E-state index is 12.2. The van der Waals surface area contributed by atoms with E-state index in [9.17, 15) is 9.59 Å². The highest BCUT2D eigenvalue weighted by Gasteiger charge is 2.15. The second-order valence-corrected chi connectivity index (χ2v) is 6.38. The number of nitrogens with one attached hydrogen (secondary N) is 2. The first kappa shape index (κ1) is 18.6. The van der Waals surface area contributed by atoms with Gasteiger partial charge in [0.1, 0.15) is 19.0 Å². The number of carbonyl (C=O) groups excluding carboxylic acids is 2. The SMILES string of the molecule is CC(C)c1cccc(OCC(=O)NNC(=O)c2ccc3c(c2)OCCO3)c1. The molecule has 27 heavy (non-hydrogen) atoms. The number of benzene rings is 2. The van der Waals surface area contributed by atoms with E-state index in [0.717, 1.165) is 5.56 Å². The van der Waals surface area contributed by atoms with Crippen LogP contribution in [0.1, 0.15) is 35.7 Å². The van der Waals surface area contributed by atoms with Crippen LogP contribution in [0, 0.1) is 0 Å². The van der Waals surface area contributed by atoms with E-state index in [4.69, 9.17) is 14.2 Å². The van der Waals surface area contributed by atoms with Gasteiger partial charge in [-0.2, -0.15) is 0 Å². The number of ether oxygens (including phenoxy) is 3. The molecular formula is C20H22N2O5. The summed E-state index contributed by atoms with van der Waals surface area (Å²) in [6, 6.07) is 12.4. The van der Waals surface area contributed by atoms with Crippen LogP contribution in [0.3, 0.4) is 0 Å². The summed E-state index contributed by atoms with van der Waals surface area (Å²) in [4.78, 5) is 24.1. The van der Waals surface area contributed by atoms with Crippen LogP contribution in [0.15, 0.2) is 42.5 Å². The van der Waals surface area contributed by atoms with Crippen molar-refractivity contribution in [2.45, 2.75) is 19.8 Å². The lowest BCUT2D eigenvalue weighted by Crippen LogP contribution is -2.43. The molecule has 0 saturated carbocycles. The molecule has 0 spiro atoms. The lowest BCUT2D eigenvalue weighted by Gasteiger charge is -2.18. The van der Waals surface area contributed by atoms with E-state index in [-0.39, 0.29) is 6.61 Å². The van der Waals surface area contributed by atoms with Gasteiger partial charge in [0.05, 0.1) is 0 Å². The van der Waals surface area contributed by atoms with E-state index in [1.165, 1.54) is 0 Å². The molecule has 2 aromatic rings. The standard InChI is InChI=1S/C20H22N2O5/c1-13(2)14-4-3-5-16(10-14)27-12-19(23)21-22-20(24)15-6-7-17-18(11-15)26-9-8-25-17/h3-7,10-11,13H,8-9,12H2,1-2H3,(H,21,23)(H,22,24). The van der Waals surface area contributed by atoms with Crippen LogP contribution in [-0.4, -0.2) is 31.6 Å². The van der Waals surface area contributed by atoms with Crippen molar-refractivity contribution in [2.24, 2.45) is 0 Å². The summed E-state index contributed by atoms with van der Waals surface area (Å²) in [5, 5.41) is 0.